The molecule has 1 spiro atoms. The van der Waals surface area contributed by atoms with E-state index in [0.29, 0.717) is 56.5 Å². The molecule has 43 heavy (non-hydrogen) atoms. The van der Waals surface area contributed by atoms with Crippen molar-refractivity contribution in [1.29, 1.82) is 0 Å². The molecule has 9 nitrogen and oxygen atoms in total. The van der Waals surface area contributed by atoms with Gasteiger partial charge in [0, 0.05) is 75.4 Å². The number of nitrogens with zero attached hydrogens (tertiary/aromatic N) is 6. The van der Waals surface area contributed by atoms with Crippen molar-refractivity contribution in [2.24, 2.45) is 10.7 Å². The number of aromatic nitrogens is 1. The molecule has 6 rings (SSSR count). The number of amides is 1. The zero-order valence-electron chi connectivity index (χ0n) is 25.4. The largest absolute Gasteiger partial charge is 0.404 e. The lowest BCUT2D eigenvalue weighted by Crippen LogP contribution is -2.69. The van der Waals surface area contributed by atoms with Crippen LogP contribution in [0, 0.1) is 0 Å². The van der Waals surface area contributed by atoms with Gasteiger partial charge in [-0.25, -0.2) is 13.8 Å². The van der Waals surface area contributed by atoms with Gasteiger partial charge in [0.25, 0.3) is 6.43 Å². The summed E-state index contributed by atoms with van der Waals surface area (Å²) < 4.78 is 35.6. The summed E-state index contributed by atoms with van der Waals surface area (Å²) in [6.07, 6.45) is 6.24. The van der Waals surface area contributed by atoms with Crippen LogP contribution in [0.25, 0.3) is 6.08 Å². The maximum atomic E-state index is 14.5. The number of hydrogen-bond donors (Lipinski definition) is 1. The molecule has 5 unspecified atom stereocenters. The first-order valence-corrected chi connectivity index (χ1v) is 15.4. The highest BCUT2D eigenvalue weighted by molar-refractivity contribution is 6.06. The molecular formula is C32H43F2N7O2. The van der Waals surface area contributed by atoms with Crippen LogP contribution in [0.4, 0.5) is 20.3 Å². The van der Waals surface area contributed by atoms with E-state index in [-0.39, 0.29) is 29.7 Å². The number of pyridine rings is 1. The number of carbonyl (C=O) groups is 1. The Balaban J connectivity index is 1.25. The topological polar surface area (TPSA) is 90.5 Å². The molecule has 5 aliphatic heterocycles. The highest BCUT2D eigenvalue weighted by atomic mass is 19.3. The monoisotopic (exact) mass is 595 g/mol. The van der Waals surface area contributed by atoms with Gasteiger partial charge in [-0.05, 0) is 51.5 Å². The Morgan fingerprint density at radius 1 is 1.19 bits per heavy atom. The molecule has 1 aromatic rings. The minimum atomic E-state index is -2.69. The molecule has 1 amide bonds. The van der Waals surface area contributed by atoms with Crippen molar-refractivity contribution in [2.45, 2.75) is 76.2 Å². The van der Waals surface area contributed by atoms with Crippen LogP contribution in [-0.4, -0.2) is 102 Å². The van der Waals surface area contributed by atoms with Gasteiger partial charge in [0.05, 0.1) is 24.0 Å². The first-order valence-electron chi connectivity index (χ1n) is 15.4. The number of fused-ring (bicyclic) bond motifs is 3. The third-order valence-electron chi connectivity index (χ3n) is 9.94. The number of halogens is 2. The Hall–Kier alpha value is -3.31. The molecule has 232 valence electrons. The Morgan fingerprint density at radius 3 is 2.63 bits per heavy atom. The minimum absolute atomic E-state index is 0.00942. The van der Waals surface area contributed by atoms with E-state index < -0.39 is 12.0 Å². The first kappa shape index (κ1) is 29.7. The molecular weight excluding hydrogens is 552 g/mol. The van der Waals surface area contributed by atoms with Crippen molar-refractivity contribution in [2.75, 3.05) is 55.7 Å². The molecule has 5 atom stereocenters. The van der Waals surface area contributed by atoms with Gasteiger partial charge in [0.2, 0.25) is 5.91 Å². The number of ether oxygens (including phenoxy) is 1. The van der Waals surface area contributed by atoms with E-state index in [4.69, 9.17) is 15.5 Å². The quantitative estimate of drug-likeness (QED) is 0.519. The number of piperazine rings is 1. The number of alkyl halides is 2. The SMILES string of the molecule is C=CC(=O)N1CCN(C2CN3c4cc(N5CCC6(CC5C)OCC(C)N=C6/C(C)=C\N)nc(C(F)F)c4C=CCC23)CC1. The molecule has 0 radical (unpaired) electrons. The lowest BCUT2D eigenvalue weighted by molar-refractivity contribution is -0.128. The van der Waals surface area contributed by atoms with Gasteiger partial charge in [-0.15, -0.1) is 0 Å². The Labute approximate surface area is 252 Å². The zero-order valence-corrected chi connectivity index (χ0v) is 25.4. The molecule has 0 aromatic carbocycles. The number of aliphatic imine (C=N–C) groups is 1. The Kier molecular flexibility index (Phi) is 8.06. The minimum Gasteiger partial charge on any atom is -0.404 e. The summed E-state index contributed by atoms with van der Waals surface area (Å²) in [6.45, 7) is 14.6. The summed E-state index contributed by atoms with van der Waals surface area (Å²) in [5, 5.41) is 0. The van der Waals surface area contributed by atoms with Crippen molar-refractivity contribution in [1.82, 2.24) is 14.8 Å². The van der Waals surface area contributed by atoms with Crippen LogP contribution in [0.3, 0.4) is 0 Å². The standard InChI is InChI=1S/C32H43F2N7O2/c1-5-28(42)39-13-11-38(12-14-39)26-18-41-24(26)8-6-7-23-25(41)15-27(37-29(23)31(33)34)40-10-9-32(16-22(40)4)30(20(2)17-35)36-21(3)19-43-32/h5-7,15,17,21-22,24,26,31H,1,8-14,16,18-19,35H2,2-4H3/b20-17-. The zero-order chi connectivity index (χ0) is 30.5. The van der Waals surface area contributed by atoms with Gasteiger partial charge < -0.3 is 25.2 Å². The molecule has 6 heterocycles. The van der Waals surface area contributed by atoms with Crippen LogP contribution in [0.2, 0.25) is 0 Å². The number of anilines is 2. The molecule has 11 heteroatoms. The molecule has 5 aliphatic rings. The number of piperidine rings is 1. The highest BCUT2D eigenvalue weighted by Gasteiger charge is 2.48. The maximum Gasteiger partial charge on any atom is 0.281 e. The van der Waals surface area contributed by atoms with Crippen LogP contribution < -0.4 is 15.5 Å². The van der Waals surface area contributed by atoms with Crippen LogP contribution in [0.15, 0.2) is 41.6 Å². The number of rotatable bonds is 5. The summed E-state index contributed by atoms with van der Waals surface area (Å²) in [6, 6.07) is 2.55. The van der Waals surface area contributed by atoms with Crippen molar-refractivity contribution in [3.05, 3.63) is 47.8 Å². The number of carbonyl (C=O) groups excluding carboxylic acids is 1. The summed E-state index contributed by atoms with van der Waals surface area (Å²) in [4.78, 5) is 30.3. The third-order valence-corrected chi connectivity index (χ3v) is 9.94. The van der Waals surface area contributed by atoms with Crippen molar-refractivity contribution < 1.29 is 18.3 Å². The summed E-state index contributed by atoms with van der Waals surface area (Å²) in [7, 11) is 0. The number of nitrogens with two attached hydrogens (primary N) is 1. The van der Waals surface area contributed by atoms with Crippen LogP contribution in [0.1, 0.15) is 57.7 Å². The van der Waals surface area contributed by atoms with Gasteiger partial charge in [-0.3, -0.25) is 14.7 Å². The number of hydrogen-bond acceptors (Lipinski definition) is 8. The fourth-order valence-corrected chi connectivity index (χ4v) is 7.61. The second-order valence-electron chi connectivity index (χ2n) is 12.6. The van der Waals surface area contributed by atoms with E-state index >= 15 is 0 Å². The lowest BCUT2D eigenvalue weighted by atomic mass is 9.79. The predicted molar refractivity (Wildman–Crippen MR) is 166 cm³/mol. The molecule has 0 bridgehead atoms. The van der Waals surface area contributed by atoms with E-state index in [0.717, 1.165) is 43.0 Å². The first-order chi connectivity index (χ1) is 20.7. The molecule has 0 saturated carbocycles. The average Bonchev–Trinajstić information content (AvgIpc) is 3.13. The molecule has 3 fully saturated rings. The molecule has 1 aromatic heterocycles. The fourth-order valence-electron chi connectivity index (χ4n) is 7.61. The van der Waals surface area contributed by atoms with E-state index in [1.165, 1.54) is 6.08 Å². The predicted octanol–water partition coefficient (Wildman–Crippen LogP) is 3.77. The van der Waals surface area contributed by atoms with E-state index in [1.807, 2.05) is 37.0 Å². The third kappa shape index (κ3) is 5.24. The van der Waals surface area contributed by atoms with Crippen LogP contribution in [0.5, 0.6) is 0 Å². The van der Waals surface area contributed by atoms with Crippen molar-refractivity contribution in [3.8, 4) is 0 Å². The molecule has 2 N–H and O–H groups in total. The van der Waals surface area contributed by atoms with Gasteiger partial charge in [-0.1, -0.05) is 18.7 Å². The van der Waals surface area contributed by atoms with Crippen LogP contribution in [-0.2, 0) is 9.53 Å². The highest BCUT2D eigenvalue weighted by Crippen LogP contribution is 2.44. The average molecular weight is 596 g/mol. The van der Waals surface area contributed by atoms with E-state index in [1.54, 1.807) is 6.20 Å². The summed E-state index contributed by atoms with van der Waals surface area (Å²) >= 11 is 0. The maximum absolute atomic E-state index is 14.5. The Morgan fingerprint density at radius 2 is 1.95 bits per heavy atom. The van der Waals surface area contributed by atoms with Crippen LogP contribution >= 0.6 is 0 Å². The van der Waals surface area contributed by atoms with Gasteiger partial charge >= 0.3 is 0 Å². The summed E-state index contributed by atoms with van der Waals surface area (Å²) in [5.74, 6) is 0.553. The lowest BCUT2D eigenvalue weighted by Gasteiger charge is -2.55. The second kappa shape index (κ2) is 11.6. The van der Waals surface area contributed by atoms with Gasteiger partial charge in [-0.2, -0.15) is 0 Å². The van der Waals surface area contributed by atoms with Gasteiger partial charge in [0.15, 0.2) is 0 Å². The fraction of sp³-hybridized carbons (Fsp3) is 0.594. The molecule has 3 saturated heterocycles. The Bertz CT molecular complexity index is 1360. The molecule has 0 aliphatic carbocycles. The van der Waals surface area contributed by atoms with Gasteiger partial charge in [0.1, 0.15) is 17.1 Å². The second-order valence-corrected chi connectivity index (χ2v) is 12.6. The smallest absolute Gasteiger partial charge is 0.281 e. The summed E-state index contributed by atoms with van der Waals surface area (Å²) in [5.41, 5.74) is 8.36. The van der Waals surface area contributed by atoms with E-state index in [2.05, 4.69) is 33.2 Å². The van der Waals surface area contributed by atoms with Crippen molar-refractivity contribution in [3.63, 3.8) is 0 Å². The van der Waals surface area contributed by atoms with Crippen molar-refractivity contribution >= 4 is 29.2 Å². The normalized spacial score (nSPS) is 31.3. The van der Waals surface area contributed by atoms with E-state index in [9.17, 15) is 13.6 Å².